The van der Waals surface area contributed by atoms with Gasteiger partial charge in [-0.3, -0.25) is 9.36 Å². The van der Waals surface area contributed by atoms with Crippen molar-refractivity contribution < 1.29 is 18.7 Å². The summed E-state index contributed by atoms with van der Waals surface area (Å²) < 4.78 is 24.1. The van der Waals surface area contributed by atoms with Gasteiger partial charge in [-0.2, -0.15) is 0 Å². The average Bonchev–Trinajstić information content (AvgIpc) is 2.96. The van der Waals surface area contributed by atoms with Crippen LogP contribution in [0.4, 0.5) is 0 Å². The van der Waals surface area contributed by atoms with Crippen molar-refractivity contribution in [2.75, 3.05) is 13.7 Å². The molecule has 0 spiro atoms. The molecule has 2 aromatic heterocycles. The Balaban J connectivity index is 2.33. The van der Waals surface area contributed by atoms with Gasteiger partial charge < -0.3 is 9.30 Å². The topological polar surface area (TPSA) is 118 Å². The van der Waals surface area contributed by atoms with E-state index < -0.39 is 25.7 Å². The summed E-state index contributed by atoms with van der Waals surface area (Å²) in [5.41, 5.74) is -0.337. The molecule has 24 heavy (non-hydrogen) atoms. The number of aromatic nitrogens is 4. The summed E-state index contributed by atoms with van der Waals surface area (Å²) >= 11 is 0. The van der Waals surface area contributed by atoms with Gasteiger partial charge in [-0.1, -0.05) is 0 Å². The molecule has 1 N–H and O–H groups in total. The van der Waals surface area contributed by atoms with Crippen molar-refractivity contribution in [1.82, 2.24) is 18.7 Å². The molecule has 0 radical (unpaired) electrons. The number of methoxy groups -OCH3 is 1. The maximum atomic E-state index is 12.7. The average molecular weight is 359 g/mol. The van der Waals surface area contributed by atoms with Crippen LogP contribution in [0, 0.1) is 0 Å². The van der Waals surface area contributed by atoms with Crippen molar-refractivity contribution >= 4 is 19.4 Å². The molecule has 0 amide bonds. The Morgan fingerprint density at radius 1 is 1.38 bits per heavy atom. The van der Waals surface area contributed by atoms with Crippen LogP contribution in [0.5, 0.6) is 0 Å². The van der Waals surface area contributed by atoms with Gasteiger partial charge in [-0.05, 0) is 19.8 Å². The Labute approximate surface area is 138 Å². The molecule has 2 aromatic rings. The van der Waals surface area contributed by atoms with Crippen LogP contribution in [0.2, 0.25) is 0 Å². The Morgan fingerprint density at radius 2 is 2.08 bits per heavy atom. The van der Waals surface area contributed by atoms with E-state index in [1.54, 1.807) is 18.5 Å². The number of imidazole rings is 1. The second kappa shape index (κ2) is 7.80. The second-order valence-corrected chi connectivity index (χ2v) is 5.97. The fourth-order valence-corrected chi connectivity index (χ4v) is 2.70. The Bertz CT molecular complexity index is 854. The Hall–Kier alpha value is -1.87. The highest BCUT2D eigenvalue weighted by molar-refractivity contribution is 7.32. The molecular weight excluding hydrogens is 339 g/mol. The number of nitrogens with zero attached hydrogens (tertiary/aromatic N) is 4. The zero-order valence-corrected chi connectivity index (χ0v) is 14.6. The predicted octanol–water partition coefficient (Wildman–Crippen LogP) is 0.508. The van der Waals surface area contributed by atoms with E-state index in [2.05, 4.69) is 9.51 Å². The number of ether oxygens (including phenoxy) is 1. The van der Waals surface area contributed by atoms with E-state index in [1.807, 2.05) is 0 Å². The third-order valence-corrected chi connectivity index (χ3v) is 4.15. The lowest BCUT2D eigenvalue weighted by Gasteiger charge is -2.14. The van der Waals surface area contributed by atoms with E-state index >= 15 is 0 Å². The smallest absolute Gasteiger partial charge is 0.361 e. The van der Waals surface area contributed by atoms with Crippen molar-refractivity contribution in [1.29, 1.82) is 0 Å². The summed E-state index contributed by atoms with van der Waals surface area (Å²) in [5, 5.41) is 0. The van der Waals surface area contributed by atoms with E-state index in [4.69, 9.17) is 9.63 Å². The van der Waals surface area contributed by atoms with Gasteiger partial charge in [0.15, 0.2) is 11.2 Å². The highest BCUT2D eigenvalue weighted by Crippen LogP contribution is 2.15. The maximum absolute atomic E-state index is 12.7. The molecule has 0 aliphatic carbocycles. The van der Waals surface area contributed by atoms with Gasteiger partial charge in [0.1, 0.15) is 12.8 Å². The van der Waals surface area contributed by atoms with Crippen LogP contribution in [0.1, 0.15) is 26.0 Å². The van der Waals surface area contributed by atoms with Gasteiger partial charge in [0.05, 0.1) is 6.33 Å². The van der Waals surface area contributed by atoms with Gasteiger partial charge in [-0.15, -0.1) is 9.42 Å². The highest BCUT2D eigenvalue weighted by Gasteiger charge is 2.19. The summed E-state index contributed by atoms with van der Waals surface area (Å²) in [5.74, 6) is 0. The molecule has 0 saturated carbocycles. The van der Waals surface area contributed by atoms with E-state index in [0.29, 0.717) is 30.6 Å². The molecule has 0 saturated heterocycles. The van der Waals surface area contributed by atoms with E-state index in [9.17, 15) is 14.2 Å². The highest BCUT2D eigenvalue weighted by atomic mass is 31.1. The summed E-state index contributed by atoms with van der Waals surface area (Å²) in [6.45, 7) is 2.24. The summed E-state index contributed by atoms with van der Waals surface area (Å²) in [4.78, 5) is 37.7. The zero-order valence-electron chi connectivity index (χ0n) is 13.7. The molecule has 0 aromatic carbocycles. The third kappa shape index (κ3) is 3.62. The standard InChI is InChI=1S/C13H19N4O6P/c1-9(22-3)17-12(18)10-11(15(2)13(17)19)14-8-16(10)6-4-5-7-23-24(20)21/h8-9H,4-7H2,1-3H3/p+1. The second-order valence-electron chi connectivity index (χ2n) is 5.24. The lowest BCUT2D eigenvalue weighted by molar-refractivity contribution is 0.0533. The molecular formula is C13H20N4O6P+. The van der Waals surface area contributed by atoms with Crippen LogP contribution in [0.15, 0.2) is 15.9 Å². The van der Waals surface area contributed by atoms with Crippen molar-refractivity contribution in [3.63, 3.8) is 0 Å². The van der Waals surface area contributed by atoms with Crippen LogP contribution in [-0.2, 0) is 27.4 Å². The van der Waals surface area contributed by atoms with Gasteiger partial charge >= 0.3 is 13.9 Å². The van der Waals surface area contributed by atoms with Crippen LogP contribution in [0.3, 0.4) is 0 Å². The summed E-state index contributed by atoms with van der Waals surface area (Å²) in [6, 6.07) is 0. The number of hydrogen-bond donors (Lipinski definition) is 1. The molecule has 2 atom stereocenters. The Kier molecular flexibility index (Phi) is 6.00. The first kappa shape index (κ1) is 18.5. The van der Waals surface area contributed by atoms with E-state index in [0.717, 1.165) is 4.57 Å². The van der Waals surface area contributed by atoms with Gasteiger partial charge in [-0.25, -0.2) is 14.3 Å². The third-order valence-electron chi connectivity index (χ3n) is 3.75. The minimum atomic E-state index is -2.59. The number of aryl methyl sites for hydroxylation is 2. The molecule has 132 valence electrons. The summed E-state index contributed by atoms with van der Waals surface area (Å²) in [7, 11) is 0.377. The number of fused-ring (bicyclic) bond motifs is 1. The fraction of sp³-hybridized carbons (Fsp3) is 0.615. The minimum Gasteiger partial charge on any atom is -0.361 e. The van der Waals surface area contributed by atoms with Crippen molar-refractivity contribution in [3.8, 4) is 0 Å². The molecule has 2 heterocycles. The normalized spacial score (nSPS) is 13.4. The van der Waals surface area contributed by atoms with Gasteiger partial charge in [0, 0.05) is 25.3 Å². The molecule has 0 aliphatic heterocycles. The zero-order chi connectivity index (χ0) is 17.9. The maximum Gasteiger partial charge on any atom is 0.694 e. The Morgan fingerprint density at radius 3 is 2.71 bits per heavy atom. The molecule has 2 rings (SSSR count). The van der Waals surface area contributed by atoms with Crippen LogP contribution in [-0.4, -0.2) is 37.3 Å². The quantitative estimate of drug-likeness (QED) is 0.539. The number of unbranched alkanes of at least 4 members (excludes halogenated alkanes) is 1. The van der Waals surface area contributed by atoms with Crippen molar-refractivity contribution in [3.05, 3.63) is 27.2 Å². The lowest BCUT2D eigenvalue weighted by Crippen LogP contribution is -2.41. The minimum absolute atomic E-state index is 0.155. The molecule has 0 bridgehead atoms. The molecule has 11 heteroatoms. The first-order valence-electron chi connectivity index (χ1n) is 7.36. The molecule has 10 nitrogen and oxygen atoms in total. The number of rotatable bonds is 8. The SMILES string of the molecule is COC(C)n1c(=O)c2c(ncn2CCCCO[P+](=O)O)n(C)c1=O. The monoisotopic (exact) mass is 359 g/mol. The first-order chi connectivity index (χ1) is 11.4. The van der Waals surface area contributed by atoms with Gasteiger partial charge in [0.2, 0.25) is 0 Å². The lowest BCUT2D eigenvalue weighted by atomic mass is 10.3. The first-order valence-corrected chi connectivity index (χ1v) is 8.49. The van der Waals surface area contributed by atoms with Crippen LogP contribution < -0.4 is 11.2 Å². The molecule has 0 fully saturated rings. The van der Waals surface area contributed by atoms with Crippen LogP contribution in [0.25, 0.3) is 11.2 Å². The van der Waals surface area contributed by atoms with Crippen molar-refractivity contribution in [2.45, 2.75) is 32.5 Å². The fourth-order valence-electron chi connectivity index (χ4n) is 2.41. The predicted molar refractivity (Wildman–Crippen MR) is 86.0 cm³/mol. The summed E-state index contributed by atoms with van der Waals surface area (Å²) in [6.07, 6.45) is 1.98. The largest absolute Gasteiger partial charge is 0.694 e. The number of hydrogen-bond acceptors (Lipinski definition) is 6. The van der Waals surface area contributed by atoms with E-state index in [-0.39, 0.29) is 6.61 Å². The van der Waals surface area contributed by atoms with Crippen molar-refractivity contribution in [2.24, 2.45) is 7.05 Å². The molecule has 0 aliphatic rings. The van der Waals surface area contributed by atoms with Gasteiger partial charge in [0.25, 0.3) is 5.56 Å². The van der Waals surface area contributed by atoms with E-state index in [1.165, 1.54) is 18.0 Å². The van der Waals surface area contributed by atoms with Crippen LogP contribution >= 0.6 is 8.25 Å². The molecule has 2 unspecified atom stereocenters.